The number of amides is 1. The summed E-state index contributed by atoms with van der Waals surface area (Å²) in [5.74, 6) is 0.224. The molecule has 7 heteroatoms. The molecule has 0 aliphatic heterocycles. The highest BCUT2D eigenvalue weighted by atomic mass is 16.5. The van der Waals surface area contributed by atoms with Crippen LogP contribution in [-0.2, 0) is 0 Å². The molecule has 3 rings (SSSR count). The van der Waals surface area contributed by atoms with Crippen LogP contribution < -0.4 is 26.6 Å². The van der Waals surface area contributed by atoms with E-state index >= 15 is 0 Å². The molecule has 0 aliphatic rings. The molecule has 7 nitrogen and oxygen atoms in total. The van der Waals surface area contributed by atoms with Gasteiger partial charge in [-0.1, -0.05) is 18.2 Å². The number of hydrogen-bond acceptors (Lipinski definition) is 4. The lowest BCUT2D eigenvalue weighted by molar-refractivity contribution is -0.508. The van der Waals surface area contributed by atoms with Crippen LogP contribution in [0.2, 0.25) is 0 Å². The largest absolute Gasteiger partial charge is 0.497 e. The van der Waals surface area contributed by atoms with Gasteiger partial charge in [0.05, 0.1) is 7.11 Å². The van der Waals surface area contributed by atoms with Gasteiger partial charge in [-0.3, -0.25) is 10.5 Å². The van der Waals surface area contributed by atoms with Crippen LogP contribution in [0.15, 0.2) is 63.8 Å². The second kappa shape index (κ2) is 6.88. The zero-order valence-corrected chi connectivity index (χ0v) is 13.4. The molecular weight excluding hydrogens is 322 g/mol. The van der Waals surface area contributed by atoms with Crippen LogP contribution >= 0.6 is 0 Å². The third-order valence-corrected chi connectivity index (χ3v) is 3.59. The first-order valence-corrected chi connectivity index (χ1v) is 7.44. The summed E-state index contributed by atoms with van der Waals surface area (Å²) < 4.78 is 10.2. The summed E-state index contributed by atoms with van der Waals surface area (Å²) in [6.45, 7) is 0. The molecule has 25 heavy (non-hydrogen) atoms. The number of methoxy groups -OCH3 is 1. The third kappa shape index (κ3) is 3.50. The standard InChI is InChI=1S/C18H15N3O4/c1-24-13-8-6-11(7-9-13)17(22)21-20-16(19)14-10-12-4-2-3-5-15(12)25-18(14)23/h2-10H,1H3,(H2,19,20)(H,21,22)/p+1. The van der Waals surface area contributed by atoms with E-state index in [9.17, 15) is 9.59 Å². The van der Waals surface area contributed by atoms with Crippen molar-refractivity contribution in [3.63, 3.8) is 0 Å². The maximum atomic E-state index is 12.1. The summed E-state index contributed by atoms with van der Waals surface area (Å²) in [4.78, 5) is 24.1. The molecule has 0 spiro atoms. The van der Waals surface area contributed by atoms with E-state index in [4.69, 9.17) is 14.9 Å². The van der Waals surface area contributed by atoms with E-state index in [0.717, 1.165) is 5.39 Å². The van der Waals surface area contributed by atoms with Crippen LogP contribution in [0.4, 0.5) is 0 Å². The number of carbonyl (C=O) groups is 1. The van der Waals surface area contributed by atoms with Gasteiger partial charge < -0.3 is 9.15 Å². The molecule has 3 aromatic rings. The molecule has 2 aromatic carbocycles. The van der Waals surface area contributed by atoms with Gasteiger partial charge in [-0.2, -0.15) is 10.5 Å². The fraction of sp³-hybridized carbons (Fsp3) is 0.0556. The van der Waals surface area contributed by atoms with Crippen molar-refractivity contribution >= 4 is 22.7 Å². The van der Waals surface area contributed by atoms with Crippen molar-refractivity contribution < 1.29 is 19.0 Å². The molecule has 1 amide bonds. The summed E-state index contributed by atoms with van der Waals surface area (Å²) in [6, 6.07) is 15.2. The van der Waals surface area contributed by atoms with Crippen molar-refractivity contribution in [1.82, 2.24) is 5.43 Å². The first-order valence-electron chi connectivity index (χ1n) is 7.44. The van der Waals surface area contributed by atoms with E-state index < -0.39 is 11.5 Å². The molecule has 0 aliphatic carbocycles. The Bertz CT molecular complexity index is 1010. The van der Waals surface area contributed by atoms with Crippen molar-refractivity contribution in [2.75, 3.05) is 7.11 Å². The Hall–Kier alpha value is -3.61. The lowest BCUT2D eigenvalue weighted by Gasteiger charge is -2.02. The van der Waals surface area contributed by atoms with E-state index in [1.54, 1.807) is 55.6 Å². The highest BCUT2D eigenvalue weighted by Crippen LogP contribution is 2.12. The summed E-state index contributed by atoms with van der Waals surface area (Å²) in [7, 11) is 1.54. The Labute approximate surface area is 142 Å². The van der Waals surface area contributed by atoms with E-state index in [1.165, 1.54) is 0 Å². The van der Waals surface area contributed by atoms with Gasteiger partial charge in [0.2, 0.25) is 0 Å². The van der Waals surface area contributed by atoms with Gasteiger partial charge in [-0.05, 0) is 36.4 Å². The number of nitrogens with two attached hydrogens (primary N) is 1. The zero-order chi connectivity index (χ0) is 17.8. The second-order valence-electron chi connectivity index (χ2n) is 5.21. The Morgan fingerprint density at radius 3 is 2.60 bits per heavy atom. The summed E-state index contributed by atoms with van der Waals surface area (Å²) >= 11 is 0. The number of hydrazone groups is 1. The predicted octanol–water partition coefficient (Wildman–Crippen LogP) is -0.0675. The average molecular weight is 338 g/mol. The van der Waals surface area contributed by atoms with Crippen molar-refractivity contribution in [3.05, 3.63) is 76.1 Å². The number of nitrogen functional groups attached to an aromatic ring is 1. The van der Waals surface area contributed by atoms with Crippen LogP contribution in [0.25, 0.3) is 11.0 Å². The minimum absolute atomic E-state index is 0.0126. The van der Waals surface area contributed by atoms with E-state index in [1.807, 2.05) is 6.07 Å². The van der Waals surface area contributed by atoms with E-state index in [0.29, 0.717) is 16.9 Å². The molecule has 1 heterocycles. The first-order chi connectivity index (χ1) is 12.1. The number of hydrogen-bond donors (Lipinski definition) is 3. The molecule has 0 radical (unpaired) electrons. The number of para-hydroxylation sites is 1. The van der Waals surface area contributed by atoms with Gasteiger partial charge in [0.1, 0.15) is 11.3 Å². The van der Waals surface area contributed by atoms with Crippen molar-refractivity contribution in [3.8, 4) is 5.75 Å². The minimum Gasteiger partial charge on any atom is -0.497 e. The van der Waals surface area contributed by atoms with Crippen molar-refractivity contribution in [1.29, 1.82) is 0 Å². The molecule has 4 N–H and O–H groups in total. The Morgan fingerprint density at radius 2 is 1.88 bits per heavy atom. The van der Waals surface area contributed by atoms with Gasteiger partial charge in [0.15, 0.2) is 5.56 Å². The van der Waals surface area contributed by atoms with Crippen LogP contribution in [-0.4, -0.2) is 18.9 Å². The maximum Gasteiger partial charge on any atom is 0.352 e. The fourth-order valence-corrected chi connectivity index (χ4v) is 2.26. The van der Waals surface area contributed by atoms with E-state index in [2.05, 4.69) is 10.5 Å². The van der Waals surface area contributed by atoms with Crippen LogP contribution in [0.5, 0.6) is 5.75 Å². The molecule has 0 unspecified atom stereocenters. The molecule has 0 saturated carbocycles. The van der Waals surface area contributed by atoms with Crippen molar-refractivity contribution in [2.24, 2.45) is 5.73 Å². The first kappa shape index (κ1) is 16.3. The Kier molecular flexibility index (Phi) is 4.47. The van der Waals surface area contributed by atoms with Gasteiger partial charge >= 0.3 is 11.5 Å². The summed E-state index contributed by atoms with van der Waals surface area (Å²) in [5.41, 5.74) is 8.72. The number of benzene rings is 2. The van der Waals surface area contributed by atoms with Crippen LogP contribution in [0.3, 0.4) is 0 Å². The summed E-state index contributed by atoms with van der Waals surface area (Å²) in [6.07, 6.45) is 0. The topological polar surface area (TPSA) is 109 Å². The smallest absolute Gasteiger partial charge is 0.352 e. The van der Waals surface area contributed by atoms with Gasteiger partial charge in [0.25, 0.3) is 5.91 Å². The number of rotatable bonds is 4. The predicted molar refractivity (Wildman–Crippen MR) is 92.2 cm³/mol. The lowest BCUT2D eigenvalue weighted by atomic mass is 10.2. The second-order valence-corrected chi connectivity index (χ2v) is 5.21. The number of nitrogens with one attached hydrogen (secondary N) is 2. The average Bonchev–Trinajstić information content (AvgIpc) is 2.65. The highest BCUT2D eigenvalue weighted by molar-refractivity contribution is 5.97. The molecule has 1 aromatic heterocycles. The normalized spacial score (nSPS) is 11.3. The molecular formula is C18H16N3O4+. The fourth-order valence-electron chi connectivity index (χ4n) is 2.26. The van der Waals surface area contributed by atoms with Gasteiger partial charge in [-0.15, -0.1) is 0 Å². The highest BCUT2D eigenvalue weighted by Gasteiger charge is 2.14. The summed E-state index contributed by atoms with van der Waals surface area (Å²) in [5, 5.41) is 3.26. The van der Waals surface area contributed by atoms with Crippen LogP contribution in [0, 0.1) is 0 Å². The number of hydrazine groups is 1. The zero-order valence-electron chi connectivity index (χ0n) is 13.4. The van der Waals surface area contributed by atoms with E-state index in [-0.39, 0.29) is 11.4 Å². The lowest BCUT2D eigenvalue weighted by Crippen LogP contribution is -2.86. The van der Waals surface area contributed by atoms with Crippen molar-refractivity contribution in [2.45, 2.75) is 0 Å². The maximum absolute atomic E-state index is 12.1. The number of carbonyl (C=O) groups excluding carboxylic acids is 1. The molecule has 0 bridgehead atoms. The number of amidine groups is 1. The SMILES string of the molecule is COc1ccc(C(=O)N[NH+]=C(N)c2cc3ccccc3oc2=O)cc1. The molecule has 0 saturated heterocycles. The quantitative estimate of drug-likeness (QED) is 0.267. The Balaban J connectivity index is 1.82. The number of fused-ring (bicyclic) bond motifs is 1. The Morgan fingerprint density at radius 1 is 1.16 bits per heavy atom. The minimum atomic E-state index is -0.595. The van der Waals surface area contributed by atoms with Gasteiger partial charge in [-0.25, -0.2) is 4.79 Å². The van der Waals surface area contributed by atoms with Gasteiger partial charge in [0, 0.05) is 10.9 Å². The van der Waals surface area contributed by atoms with Crippen LogP contribution in [0.1, 0.15) is 15.9 Å². The molecule has 126 valence electrons. The third-order valence-electron chi connectivity index (χ3n) is 3.59. The number of ether oxygens (including phenoxy) is 1. The monoisotopic (exact) mass is 338 g/mol. The molecule has 0 atom stereocenters. The molecule has 0 fully saturated rings.